The van der Waals surface area contributed by atoms with Crippen molar-refractivity contribution in [2.75, 3.05) is 18.1 Å². The molecule has 2 aliphatic rings. The van der Waals surface area contributed by atoms with Crippen LogP contribution >= 0.6 is 11.8 Å². The Bertz CT molecular complexity index is 182. The molecule has 3 heteroatoms. The van der Waals surface area contributed by atoms with Gasteiger partial charge >= 0.3 is 0 Å². The summed E-state index contributed by atoms with van der Waals surface area (Å²) >= 11 is 2.07. The third-order valence-corrected chi connectivity index (χ3v) is 4.91. The number of hydrogen-bond donors (Lipinski definition) is 2. The van der Waals surface area contributed by atoms with Gasteiger partial charge in [-0.05, 0) is 37.4 Å². The Morgan fingerprint density at radius 2 is 2.00 bits per heavy atom. The van der Waals surface area contributed by atoms with Crippen LogP contribution in [0.3, 0.4) is 0 Å². The van der Waals surface area contributed by atoms with Gasteiger partial charge in [0.15, 0.2) is 0 Å². The van der Waals surface area contributed by atoms with Crippen molar-refractivity contribution >= 4 is 11.8 Å². The van der Waals surface area contributed by atoms with Gasteiger partial charge in [-0.25, -0.2) is 0 Å². The van der Waals surface area contributed by atoms with E-state index in [4.69, 9.17) is 0 Å². The van der Waals surface area contributed by atoms with Crippen LogP contribution in [0.15, 0.2) is 0 Å². The average molecular weight is 229 g/mol. The van der Waals surface area contributed by atoms with Crippen molar-refractivity contribution in [3.8, 4) is 0 Å². The maximum Gasteiger partial charge on any atom is 0.0580 e. The average Bonchev–Trinajstić information content (AvgIpc) is 2.29. The predicted molar refractivity (Wildman–Crippen MR) is 66.3 cm³/mol. The van der Waals surface area contributed by atoms with E-state index < -0.39 is 0 Å². The summed E-state index contributed by atoms with van der Waals surface area (Å²) < 4.78 is 0. The quantitative estimate of drug-likeness (QED) is 0.776. The fraction of sp³-hybridized carbons (Fsp3) is 1.00. The zero-order chi connectivity index (χ0) is 10.5. The molecule has 0 bridgehead atoms. The molecule has 0 aromatic heterocycles. The van der Waals surface area contributed by atoms with Crippen molar-refractivity contribution in [3.05, 3.63) is 0 Å². The van der Waals surface area contributed by atoms with Gasteiger partial charge in [0.05, 0.1) is 6.10 Å². The molecule has 0 amide bonds. The van der Waals surface area contributed by atoms with E-state index in [1.807, 2.05) is 0 Å². The van der Waals surface area contributed by atoms with Crippen LogP contribution in [-0.4, -0.2) is 35.3 Å². The maximum absolute atomic E-state index is 9.85. The highest BCUT2D eigenvalue weighted by Crippen LogP contribution is 2.24. The van der Waals surface area contributed by atoms with Gasteiger partial charge in [0.25, 0.3) is 0 Å². The van der Waals surface area contributed by atoms with Crippen LogP contribution < -0.4 is 5.32 Å². The molecule has 2 rings (SSSR count). The second-order valence-corrected chi connectivity index (χ2v) is 6.08. The largest absolute Gasteiger partial charge is 0.393 e. The molecular weight excluding hydrogens is 206 g/mol. The van der Waals surface area contributed by atoms with Crippen LogP contribution in [-0.2, 0) is 0 Å². The van der Waals surface area contributed by atoms with Gasteiger partial charge in [0.1, 0.15) is 0 Å². The molecular formula is C12H23NOS. The number of aliphatic hydroxyl groups is 1. The number of rotatable bonds is 3. The molecule has 2 fully saturated rings. The summed E-state index contributed by atoms with van der Waals surface area (Å²) in [6.45, 7) is 1.03. The van der Waals surface area contributed by atoms with Gasteiger partial charge in [-0.2, -0.15) is 11.8 Å². The Hall–Kier alpha value is 0.270. The molecule has 2 nitrogen and oxygen atoms in total. The van der Waals surface area contributed by atoms with Gasteiger partial charge in [-0.3, -0.25) is 0 Å². The lowest BCUT2D eigenvalue weighted by Gasteiger charge is -2.30. The lowest BCUT2D eigenvalue weighted by atomic mass is 9.86. The van der Waals surface area contributed by atoms with Crippen LogP contribution in [0.5, 0.6) is 0 Å². The first-order chi connectivity index (χ1) is 7.36. The lowest BCUT2D eigenvalue weighted by Crippen LogP contribution is -2.41. The molecule has 1 aliphatic carbocycles. The van der Waals surface area contributed by atoms with Crippen molar-refractivity contribution in [3.63, 3.8) is 0 Å². The summed E-state index contributed by atoms with van der Waals surface area (Å²) in [5.74, 6) is 3.12. The summed E-state index contributed by atoms with van der Waals surface area (Å²) in [4.78, 5) is 0. The summed E-state index contributed by atoms with van der Waals surface area (Å²) in [5.41, 5.74) is 0. The summed E-state index contributed by atoms with van der Waals surface area (Å²) in [6, 6.07) is 0.706. The summed E-state index contributed by atoms with van der Waals surface area (Å²) in [6.07, 6.45) is 7.41. The first kappa shape index (κ1) is 11.7. The zero-order valence-corrected chi connectivity index (χ0v) is 10.3. The molecule has 0 spiro atoms. The van der Waals surface area contributed by atoms with Crippen LogP contribution in [0.4, 0.5) is 0 Å². The first-order valence-corrected chi connectivity index (χ1v) is 7.51. The van der Waals surface area contributed by atoms with Crippen LogP contribution in [0.1, 0.15) is 38.5 Å². The standard InChI is InChI=1S/C12H23NOS/c14-12-6-2-1-4-10(12)8-13-11-5-3-7-15-9-11/h10-14H,1-9H2. The highest BCUT2D eigenvalue weighted by atomic mass is 32.2. The summed E-state index contributed by atoms with van der Waals surface area (Å²) in [7, 11) is 0. The molecule has 0 aromatic rings. The van der Waals surface area contributed by atoms with E-state index in [1.54, 1.807) is 0 Å². The number of hydrogen-bond acceptors (Lipinski definition) is 3. The van der Waals surface area contributed by atoms with Crippen molar-refractivity contribution in [1.29, 1.82) is 0 Å². The van der Waals surface area contributed by atoms with E-state index in [2.05, 4.69) is 17.1 Å². The molecule has 1 saturated heterocycles. The number of aliphatic hydroxyl groups excluding tert-OH is 1. The van der Waals surface area contributed by atoms with E-state index in [-0.39, 0.29) is 6.10 Å². The molecule has 15 heavy (non-hydrogen) atoms. The van der Waals surface area contributed by atoms with Gasteiger partial charge in [0.2, 0.25) is 0 Å². The molecule has 1 heterocycles. The maximum atomic E-state index is 9.85. The molecule has 88 valence electrons. The lowest BCUT2D eigenvalue weighted by molar-refractivity contribution is 0.0683. The Morgan fingerprint density at radius 1 is 1.13 bits per heavy atom. The van der Waals surface area contributed by atoms with Crippen LogP contribution in [0.25, 0.3) is 0 Å². The molecule has 0 radical (unpaired) electrons. The van der Waals surface area contributed by atoms with E-state index >= 15 is 0 Å². The minimum absolute atomic E-state index is 0.0394. The van der Waals surface area contributed by atoms with Crippen LogP contribution in [0, 0.1) is 5.92 Å². The van der Waals surface area contributed by atoms with Crippen molar-refractivity contribution in [2.45, 2.75) is 50.7 Å². The Labute approximate surface area is 97.2 Å². The molecule has 0 aromatic carbocycles. The normalized spacial score (nSPS) is 37.8. The molecule has 1 aliphatic heterocycles. The Balaban J connectivity index is 1.67. The van der Waals surface area contributed by atoms with Crippen molar-refractivity contribution in [1.82, 2.24) is 5.32 Å². The van der Waals surface area contributed by atoms with E-state index in [1.165, 1.54) is 43.6 Å². The molecule has 3 unspecified atom stereocenters. The monoisotopic (exact) mass is 229 g/mol. The third kappa shape index (κ3) is 3.65. The molecule has 2 N–H and O–H groups in total. The molecule has 3 atom stereocenters. The highest BCUT2D eigenvalue weighted by molar-refractivity contribution is 7.99. The fourth-order valence-corrected chi connectivity index (χ4v) is 3.75. The topological polar surface area (TPSA) is 32.3 Å². The van der Waals surface area contributed by atoms with Crippen molar-refractivity contribution in [2.24, 2.45) is 5.92 Å². The third-order valence-electron chi connectivity index (χ3n) is 3.70. The number of nitrogens with one attached hydrogen (secondary N) is 1. The van der Waals surface area contributed by atoms with Gasteiger partial charge in [-0.1, -0.05) is 12.8 Å². The highest BCUT2D eigenvalue weighted by Gasteiger charge is 2.23. The van der Waals surface area contributed by atoms with Gasteiger partial charge in [0, 0.05) is 18.3 Å². The van der Waals surface area contributed by atoms with E-state index in [9.17, 15) is 5.11 Å². The van der Waals surface area contributed by atoms with Crippen molar-refractivity contribution < 1.29 is 5.11 Å². The van der Waals surface area contributed by atoms with E-state index in [0.29, 0.717) is 12.0 Å². The smallest absolute Gasteiger partial charge is 0.0580 e. The predicted octanol–water partition coefficient (Wildman–Crippen LogP) is 2.02. The Kier molecular flexibility index (Phi) is 4.79. The number of thioether (sulfide) groups is 1. The molecule has 1 saturated carbocycles. The van der Waals surface area contributed by atoms with E-state index in [0.717, 1.165) is 13.0 Å². The fourth-order valence-electron chi connectivity index (χ4n) is 2.65. The van der Waals surface area contributed by atoms with Gasteiger partial charge in [-0.15, -0.1) is 0 Å². The van der Waals surface area contributed by atoms with Crippen LogP contribution in [0.2, 0.25) is 0 Å². The summed E-state index contributed by atoms with van der Waals surface area (Å²) in [5, 5.41) is 13.5. The minimum Gasteiger partial charge on any atom is -0.393 e. The SMILES string of the molecule is OC1CCCCC1CNC1CCCSC1. The second kappa shape index (κ2) is 6.12. The Morgan fingerprint density at radius 3 is 2.73 bits per heavy atom. The second-order valence-electron chi connectivity index (χ2n) is 4.93. The van der Waals surface area contributed by atoms with Gasteiger partial charge < -0.3 is 10.4 Å². The zero-order valence-electron chi connectivity index (χ0n) is 9.45. The minimum atomic E-state index is -0.0394. The first-order valence-electron chi connectivity index (χ1n) is 6.35.